The maximum Gasteiger partial charge on any atom is 0.419 e. The summed E-state index contributed by atoms with van der Waals surface area (Å²) in [7, 11) is 0. The van der Waals surface area contributed by atoms with Gasteiger partial charge >= 0.3 is 18.8 Å². The molecular weight excluding hydrogens is 387 g/mol. The highest BCUT2D eigenvalue weighted by Gasteiger charge is 2.33. The molecule has 0 radical (unpaired) electrons. The van der Waals surface area contributed by atoms with Crippen molar-refractivity contribution in [3.63, 3.8) is 0 Å². The number of anilines is 1. The van der Waals surface area contributed by atoms with E-state index in [2.05, 4.69) is 25.7 Å². The lowest BCUT2D eigenvalue weighted by Gasteiger charge is -2.14. The lowest BCUT2D eigenvalue weighted by Crippen LogP contribution is -2.37. The van der Waals surface area contributed by atoms with Crippen molar-refractivity contribution in [3.8, 4) is 5.75 Å². The number of alkyl halides is 5. The molecule has 0 saturated heterocycles. The van der Waals surface area contributed by atoms with E-state index >= 15 is 0 Å². The van der Waals surface area contributed by atoms with Crippen LogP contribution in [0.25, 0.3) is 0 Å². The van der Waals surface area contributed by atoms with Gasteiger partial charge in [0.15, 0.2) is 0 Å². The summed E-state index contributed by atoms with van der Waals surface area (Å²) < 4.78 is 67.6. The normalized spacial score (nSPS) is 11.2. The Labute approximate surface area is 157 Å². The first-order valence-electron chi connectivity index (χ1n) is 8.08. The maximum absolute atomic E-state index is 12.8. The zero-order chi connectivity index (χ0) is 20.6. The van der Waals surface area contributed by atoms with Crippen LogP contribution in [0.4, 0.5) is 32.6 Å². The molecule has 0 bridgehead atoms. The zero-order valence-corrected chi connectivity index (χ0v) is 14.4. The number of hydrogen-bond donors (Lipinski definition) is 3. The SMILES string of the molecule is O=C(NCCNc1ncccc1C(F)(F)F)NCc1ccccc1OC(F)F. The van der Waals surface area contributed by atoms with Gasteiger partial charge in [-0.25, -0.2) is 9.78 Å². The highest BCUT2D eigenvalue weighted by Crippen LogP contribution is 2.33. The van der Waals surface area contributed by atoms with E-state index in [0.717, 1.165) is 6.07 Å². The number of ether oxygens (including phenoxy) is 1. The summed E-state index contributed by atoms with van der Waals surface area (Å²) in [5.74, 6) is -0.399. The Morgan fingerprint density at radius 1 is 1.07 bits per heavy atom. The van der Waals surface area contributed by atoms with Crippen molar-refractivity contribution in [1.29, 1.82) is 0 Å². The number of urea groups is 1. The number of rotatable bonds is 8. The summed E-state index contributed by atoms with van der Waals surface area (Å²) >= 11 is 0. The number of amides is 2. The number of carbonyl (C=O) groups excluding carboxylic acids is 1. The van der Waals surface area contributed by atoms with Crippen LogP contribution in [-0.2, 0) is 12.7 Å². The van der Waals surface area contributed by atoms with E-state index in [0.29, 0.717) is 5.56 Å². The van der Waals surface area contributed by atoms with E-state index in [1.165, 1.54) is 30.5 Å². The smallest absolute Gasteiger partial charge is 0.419 e. The number of para-hydroxylation sites is 1. The standard InChI is InChI=1S/C17H17F5N4O2/c18-15(19)28-13-6-2-1-4-11(13)10-26-16(27)25-9-8-24-14-12(17(20,21)22)5-3-7-23-14/h1-7,15H,8-10H2,(H,23,24)(H2,25,26,27). The van der Waals surface area contributed by atoms with E-state index in [1.54, 1.807) is 6.07 Å². The predicted octanol–water partition coefficient (Wildman–Crippen LogP) is 3.61. The van der Waals surface area contributed by atoms with Gasteiger partial charge in [-0.05, 0) is 18.2 Å². The molecule has 0 unspecified atom stereocenters. The van der Waals surface area contributed by atoms with Crippen molar-refractivity contribution in [2.45, 2.75) is 19.3 Å². The topological polar surface area (TPSA) is 75.3 Å². The highest BCUT2D eigenvalue weighted by atomic mass is 19.4. The monoisotopic (exact) mass is 404 g/mol. The quantitative estimate of drug-likeness (QED) is 0.464. The summed E-state index contributed by atoms with van der Waals surface area (Å²) in [4.78, 5) is 15.4. The Morgan fingerprint density at radius 2 is 1.82 bits per heavy atom. The molecule has 0 aliphatic heterocycles. The number of pyridine rings is 1. The number of benzene rings is 1. The van der Waals surface area contributed by atoms with Crippen LogP contribution in [0.1, 0.15) is 11.1 Å². The summed E-state index contributed by atoms with van der Waals surface area (Å²) in [6.07, 6.45) is -3.33. The van der Waals surface area contributed by atoms with Gasteiger partial charge in [-0.15, -0.1) is 0 Å². The van der Waals surface area contributed by atoms with Crippen LogP contribution in [-0.4, -0.2) is 30.7 Å². The lowest BCUT2D eigenvalue weighted by molar-refractivity contribution is -0.137. The minimum atomic E-state index is -4.55. The Balaban J connectivity index is 1.78. The van der Waals surface area contributed by atoms with Crippen LogP contribution < -0.4 is 20.7 Å². The maximum atomic E-state index is 12.8. The molecule has 1 aromatic heterocycles. The van der Waals surface area contributed by atoms with E-state index in [4.69, 9.17) is 0 Å². The lowest BCUT2D eigenvalue weighted by atomic mass is 10.2. The van der Waals surface area contributed by atoms with Gasteiger partial charge < -0.3 is 20.7 Å². The summed E-state index contributed by atoms with van der Waals surface area (Å²) in [5.41, 5.74) is -0.561. The number of carbonyl (C=O) groups is 1. The van der Waals surface area contributed by atoms with Crippen LogP contribution in [0.5, 0.6) is 5.75 Å². The van der Waals surface area contributed by atoms with Gasteiger partial charge in [0.1, 0.15) is 11.6 Å². The molecular formula is C17H17F5N4O2. The van der Waals surface area contributed by atoms with Crippen LogP contribution in [0, 0.1) is 0 Å². The molecule has 1 aromatic carbocycles. The van der Waals surface area contributed by atoms with Gasteiger partial charge in [0, 0.05) is 31.4 Å². The molecule has 0 atom stereocenters. The molecule has 0 spiro atoms. The number of halogens is 5. The molecule has 2 aromatic rings. The molecule has 1 heterocycles. The van der Waals surface area contributed by atoms with Gasteiger partial charge in [-0.2, -0.15) is 22.0 Å². The third-order valence-electron chi connectivity index (χ3n) is 3.44. The fraction of sp³-hybridized carbons (Fsp3) is 0.294. The first-order chi connectivity index (χ1) is 13.3. The molecule has 0 aliphatic rings. The van der Waals surface area contributed by atoms with E-state index in [1.807, 2.05) is 0 Å². The second kappa shape index (κ2) is 9.72. The van der Waals surface area contributed by atoms with Crippen LogP contribution >= 0.6 is 0 Å². The van der Waals surface area contributed by atoms with Crippen molar-refractivity contribution in [3.05, 3.63) is 53.7 Å². The molecule has 152 valence electrons. The Morgan fingerprint density at radius 3 is 2.54 bits per heavy atom. The van der Waals surface area contributed by atoms with Crippen LogP contribution in [0.15, 0.2) is 42.6 Å². The molecule has 2 amide bonds. The first-order valence-corrected chi connectivity index (χ1v) is 8.08. The minimum absolute atomic E-state index is 0.00139. The zero-order valence-electron chi connectivity index (χ0n) is 14.4. The number of hydrogen-bond acceptors (Lipinski definition) is 4. The van der Waals surface area contributed by atoms with E-state index in [9.17, 15) is 26.7 Å². The average Bonchev–Trinajstić information content (AvgIpc) is 2.63. The summed E-state index contributed by atoms with van der Waals surface area (Å²) in [5, 5.41) is 7.38. The molecule has 6 nitrogen and oxygen atoms in total. The second-order valence-corrected chi connectivity index (χ2v) is 5.42. The van der Waals surface area contributed by atoms with Crippen molar-refractivity contribution in [2.75, 3.05) is 18.4 Å². The summed E-state index contributed by atoms with van der Waals surface area (Å²) in [6.45, 7) is -3.05. The van der Waals surface area contributed by atoms with Crippen LogP contribution in [0.3, 0.4) is 0 Å². The largest absolute Gasteiger partial charge is 0.434 e. The highest BCUT2D eigenvalue weighted by molar-refractivity contribution is 5.73. The third kappa shape index (κ3) is 6.56. The van der Waals surface area contributed by atoms with Gasteiger partial charge in [0.05, 0.1) is 5.56 Å². The van der Waals surface area contributed by atoms with Crippen LogP contribution in [0.2, 0.25) is 0 Å². The van der Waals surface area contributed by atoms with Gasteiger partial charge in [0.25, 0.3) is 0 Å². The van der Waals surface area contributed by atoms with Crippen molar-refractivity contribution in [2.24, 2.45) is 0 Å². The minimum Gasteiger partial charge on any atom is -0.434 e. The third-order valence-corrected chi connectivity index (χ3v) is 3.44. The van der Waals surface area contributed by atoms with E-state index < -0.39 is 24.4 Å². The molecule has 0 saturated carbocycles. The number of nitrogens with one attached hydrogen (secondary N) is 3. The number of nitrogens with zero attached hydrogens (tertiary/aromatic N) is 1. The van der Waals surface area contributed by atoms with Crippen molar-refractivity contribution >= 4 is 11.8 Å². The molecule has 0 aliphatic carbocycles. The number of aromatic nitrogens is 1. The Hall–Kier alpha value is -3.11. The van der Waals surface area contributed by atoms with Crippen molar-refractivity contribution in [1.82, 2.24) is 15.6 Å². The Kier molecular flexibility index (Phi) is 7.36. The Bertz CT molecular complexity index is 786. The van der Waals surface area contributed by atoms with Crippen molar-refractivity contribution < 1.29 is 31.5 Å². The molecule has 3 N–H and O–H groups in total. The fourth-order valence-corrected chi connectivity index (χ4v) is 2.23. The average molecular weight is 404 g/mol. The second-order valence-electron chi connectivity index (χ2n) is 5.42. The predicted molar refractivity (Wildman–Crippen MR) is 91.0 cm³/mol. The summed E-state index contributed by atoms with van der Waals surface area (Å²) in [6, 6.07) is 7.42. The molecule has 28 heavy (non-hydrogen) atoms. The van der Waals surface area contributed by atoms with E-state index in [-0.39, 0.29) is 31.2 Å². The molecule has 2 rings (SSSR count). The first kappa shape index (κ1) is 21.2. The van der Waals surface area contributed by atoms with Gasteiger partial charge in [-0.3, -0.25) is 0 Å². The molecule has 0 fully saturated rings. The van der Waals surface area contributed by atoms with Gasteiger partial charge in [-0.1, -0.05) is 18.2 Å². The fourth-order valence-electron chi connectivity index (χ4n) is 2.23. The van der Waals surface area contributed by atoms with Gasteiger partial charge in [0.2, 0.25) is 0 Å². The molecule has 11 heteroatoms.